The van der Waals surface area contributed by atoms with Gasteiger partial charge in [-0.25, -0.2) is 9.97 Å². The number of rotatable bonds is 3. The second kappa shape index (κ2) is 4.80. The predicted octanol–water partition coefficient (Wildman–Crippen LogP) is 1.45. The molecule has 1 fully saturated rings. The minimum Gasteiger partial charge on any atom is -0.280 e. The maximum atomic E-state index is 11.7. The van der Waals surface area contributed by atoms with E-state index in [2.05, 4.69) is 20.0 Å². The molecule has 88 valence electrons. The van der Waals surface area contributed by atoms with Crippen LogP contribution >= 0.6 is 0 Å². The molecule has 0 saturated carbocycles. The molecule has 2 heterocycles. The first-order valence-corrected chi connectivity index (χ1v) is 5.30. The molecule has 1 aromatic rings. The van der Waals surface area contributed by atoms with Crippen molar-refractivity contribution in [2.24, 2.45) is 11.0 Å². The molecule has 1 amide bonds. The average molecular weight is 232 g/mol. The Bertz CT molecular complexity index is 464. The number of carbonyl (C=O) groups is 1. The zero-order chi connectivity index (χ0) is 12.3. The summed E-state index contributed by atoms with van der Waals surface area (Å²) in [5.41, 5.74) is 9.19. The highest BCUT2D eigenvalue weighted by atomic mass is 16.2. The number of nitrogens with zero attached hydrogens (tertiary/aromatic N) is 6. The van der Waals surface area contributed by atoms with Crippen molar-refractivity contribution < 1.29 is 4.79 Å². The first-order chi connectivity index (χ1) is 8.20. The van der Waals surface area contributed by atoms with Crippen molar-refractivity contribution in [1.82, 2.24) is 9.97 Å². The molecule has 0 aliphatic carbocycles. The maximum Gasteiger partial charge on any atom is 0.232 e. The van der Waals surface area contributed by atoms with Crippen molar-refractivity contribution in [1.29, 1.82) is 0 Å². The van der Waals surface area contributed by atoms with Gasteiger partial charge in [0.05, 0.1) is 0 Å². The van der Waals surface area contributed by atoms with E-state index in [4.69, 9.17) is 5.53 Å². The van der Waals surface area contributed by atoms with E-state index in [1.165, 1.54) is 4.90 Å². The highest BCUT2D eigenvalue weighted by Crippen LogP contribution is 2.22. The molecule has 0 bridgehead atoms. The molecule has 0 radical (unpaired) electrons. The number of aryl methyl sites for hydroxylation is 1. The van der Waals surface area contributed by atoms with E-state index in [1.54, 1.807) is 12.4 Å². The number of carbonyl (C=O) groups excluding carboxylic acids is 1. The topological polar surface area (TPSA) is 94.9 Å². The molecular weight excluding hydrogens is 220 g/mol. The molecule has 1 aliphatic heterocycles. The summed E-state index contributed by atoms with van der Waals surface area (Å²) in [6, 6.07) is 0. The van der Waals surface area contributed by atoms with Crippen LogP contribution in [0.1, 0.15) is 12.0 Å². The van der Waals surface area contributed by atoms with Gasteiger partial charge in [0.15, 0.2) is 0 Å². The molecule has 0 spiro atoms. The van der Waals surface area contributed by atoms with Crippen LogP contribution < -0.4 is 4.90 Å². The zero-order valence-corrected chi connectivity index (χ0v) is 9.44. The molecule has 0 aromatic carbocycles. The van der Waals surface area contributed by atoms with Gasteiger partial charge in [-0.15, -0.1) is 0 Å². The van der Waals surface area contributed by atoms with E-state index >= 15 is 0 Å². The van der Waals surface area contributed by atoms with Crippen molar-refractivity contribution in [2.45, 2.75) is 13.3 Å². The molecule has 7 nitrogen and oxygen atoms in total. The molecule has 7 heteroatoms. The zero-order valence-electron chi connectivity index (χ0n) is 9.44. The van der Waals surface area contributed by atoms with Gasteiger partial charge >= 0.3 is 0 Å². The molecule has 1 atom stereocenters. The highest BCUT2D eigenvalue weighted by molar-refractivity contribution is 5.94. The minimum absolute atomic E-state index is 0.0213. The molecule has 1 unspecified atom stereocenters. The van der Waals surface area contributed by atoms with Crippen LogP contribution in [0.25, 0.3) is 10.4 Å². The maximum absolute atomic E-state index is 11.7. The number of azide groups is 1. The number of aromatic nitrogens is 2. The molecule has 1 aromatic heterocycles. The lowest BCUT2D eigenvalue weighted by molar-refractivity contribution is -0.117. The summed E-state index contributed by atoms with van der Waals surface area (Å²) in [4.78, 5) is 24.2. The van der Waals surface area contributed by atoms with Crippen LogP contribution in [-0.2, 0) is 4.79 Å². The summed E-state index contributed by atoms with van der Waals surface area (Å²) in [5, 5.41) is 3.49. The molecule has 1 saturated heterocycles. The van der Waals surface area contributed by atoms with Gasteiger partial charge in [0.25, 0.3) is 0 Å². The van der Waals surface area contributed by atoms with E-state index in [0.717, 1.165) is 5.56 Å². The summed E-state index contributed by atoms with van der Waals surface area (Å²) >= 11 is 0. The van der Waals surface area contributed by atoms with E-state index in [1.807, 2.05) is 6.92 Å². The first-order valence-electron chi connectivity index (χ1n) is 5.30. The van der Waals surface area contributed by atoms with Gasteiger partial charge in [0, 0.05) is 36.8 Å². The number of anilines is 1. The van der Waals surface area contributed by atoms with Crippen LogP contribution in [0.4, 0.5) is 5.95 Å². The summed E-state index contributed by atoms with van der Waals surface area (Å²) in [5.74, 6) is 0.458. The normalized spacial score (nSPS) is 19.2. The molecule has 0 N–H and O–H groups in total. The lowest BCUT2D eigenvalue weighted by Crippen LogP contribution is -2.26. The Morgan fingerprint density at radius 1 is 1.59 bits per heavy atom. The van der Waals surface area contributed by atoms with Gasteiger partial charge in [-0.2, -0.15) is 0 Å². The van der Waals surface area contributed by atoms with Crippen LogP contribution in [0.5, 0.6) is 0 Å². The van der Waals surface area contributed by atoms with E-state index in [-0.39, 0.29) is 11.8 Å². The van der Waals surface area contributed by atoms with Gasteiger partial charge < -0.3 is 0 Å². The van der Waals surface area contributed by atoms with Crippen molar-refractivity contribution in [3.63, 3.8) is 0 Å². The van der Waals surface area contributed by atoms with Crippen molar-refractivity contribution in [2.75, 3.05) is 18.0 Å². The number of hydrogen-bond acceptors (Lipinski definition) is 4. The Kier molecular flexibility index (Phi) is 3.20. The molecule has 1 aliphatic rings. The predicted molar refractivity (Wildman–Crippen MR) is 61.2 cm³/mol. The van der Waals surface area contributed by atoms with E-state index < -0.39 is 0 Å². The summed E-state index contributed by atoms with van der Waals surface area (Å²) < 4.78 is 0. The SMILES string of the molecule is Cc1cnc(N2CC(CN=[N+]=[N-])CC2=O)nc1. The van der Waals surface area contributed by atoms with Gasteiger partial charge in [-0.05, 0) is 23.9 Å². The Balaban J connectivity index is 2.10. The summed E-state index contributed by atoms with van der Waals surface area (Å²) in [6.45, 7) is 2.74. The minimum atomic E-state index is -0.0213. The van der Waals surface area contributed by atoms with E-state index in [9.17, 15) is 4.79 Å². The van der Waals surface area contributed by atoms with Crippen molar-refractivity contribution in [3.05, 3.63) is 28.4 Å². The van der Waals surface area contributed by atoms with Gasteiger partial charge in [-0.1, -0.05) is 5.11 Å². The Morgan fingerprint density at radius 3 is 2.94 bits per heavy atom. The summed E-state index contributed by atoms with van der Waals surface area (Å²) in [6.07, 6.45) is 3.74. The van der Waals surface area contributed by atoms with Crippen LogP contribution in [0.15, 0.2) is 17.5 Å². The average Bonchev–Trinajstić information content (AvgIpc) is 2.69. The van der Waals surface area contributed by atoms with E-state index in [0.29, 0.717) is 25.5 Å². The monoisotopic (exact) mass is 232 g/mol. The molecular formula is C10H12N6O. The Labute approximate surface area is 98.1 Å². The van der Waals surface area contributed by atoms with Crippen LogP contribution in [0, 0.1) is 12.8 Å². The first kappa shape index (κ1) is 11.3. The second-order valence-corrected chi connectivity index (χ2v) is 4.05. The second-order valence-electron chi connectivity index (χ2n) is 4.05. The van der Waals surface area contributed by atoms with Crippen molar-refractivity contribution in [3.8, 4) is 0 Å². The lowest BCUT2D eigenvalue weighted by Gasteiger charge is -2.13. The highest BCUT2D eigenvalue weighted by Gasteiger charge is 2.31. The number of amides is 1. The Morgan fingerprint density at radius 2 is 2.29 bits per heavy atom. The smallest absolute Gasteiger partial charge is 0.232 e. The van der Waals surface area contributed by atoms with Crippen LogP contribution in [-0.4, -0.2) is 29.0 Å². The van der Waals surface area contributed by atoms with Gasteiger partial charge in [0.2, 0.25) is 11.9 Å². The third-order valence-electron chi connectivity index (χ3n) is 2.62. The molecule has 17 heavy (non-hydrogen) atoms. The standard InChI is InChI=1S/C10H12N6O/c1-7-3-12-10(13-4-7)16-6-8(2-9(16)17)5-14-15-11/h3-4,8H,2,5-6H2,1H3. The third-order valence-corrected chi connectivity index (χ3v) is 2.62. The third kappa shape index (κ3) is 2.51. The fourth-order valence-corrected chi connectivity index (χ4v) is 1.77. The van der Waals surface area contributed by atoms with Crippen LogP contribution in [0.2, 0.25) is 0 Å². The van der Waals surface area contributed by atoms with Gasteiger partial charge in [0.1, 0.15) is 0 Å². The summed E-state index contributed by atoms with van der Waals surface area (Å²) in [7, 11) is 0. The number of hydrogen-bond donors (Lipinski definition) is 0. The van der Waals surface area contributed by atoms with Gasteiger partial charge in [-0.3, -0.25) is 9.69 Å². The van der Waals surface area contributed by atoms with Crippen molar-refractivity contribution >= 4 is 11.9 Å². The Hall–Kier alpha value is -2.14. The molecule has 2 rings (SSSR count). The largest absolute Gasteiger partial charge is 0.280 e. The fraction of sp³-hybridized carbons (Fsp3) is 0.500. The fourth-order valence-electron chi connectivity index (χ4n) is 1.77. The lowest BCUT2D eigenvalue weighted by atomic mass is 10.1. The van der Waals surface area contributed by atoms with Crippen LogP contribution in [0.3, 0.4) is 0 Å². The quantitative estimate of drug-likeness (QED) is 0.448.